The fourth-order valence-electron chi connectivity index (χ4n) is 2.94. The van der Waals surface area contributed by atoms with Crippen molar-refractivity contribution in [3.8, 4) is 5.88 Å². The zero-order valence-corrected chi connectivity index (χ0v) is 15.5. The van der Waals surface area contributed by atoms with Crippen LogP contribution in [0.2, 0.25) is 5.02 Å². The Morgan fingerprint density at radius 2 is 1.85 bits per heavy atom. The Bertz CT molecular complexity index is 1250. The van der Waals surface area contributed by atoms with Gasteiger partial charge in [-0.15, -0.1) is 0 Å². The maximum atomic E-state index is 12.7. The number of benzene rings is 2. The highest BCUT2D eigenvalue weighted by Gasteiger charge is 2.22. The molecule has 2 aromatic carbocycles. The molecule has 3 aromatic rings. The van der Waals surface area contributed by atoms with E-state index in [2.05, 4.69) is 9.98 Å². The molecule has 134 valence electrons. The minimum Gasteiger partial charge on any atom is -0.493 e. The molecule has 1 aromatic heterocycles. The van der Waals surface area contributed by atoms with Gasteiger partial charge >= 0.3 is 4.87 Å². The molecule has 4 rings (SSSR count). The van der Waals surface area contributed by atoms with Crippen molar-refractivity contribution in [2.24, 2.45) is 4.99 Å². The van der Waals surface area contributed by atoms with E-state index in [0.29, 0.717) is 32.8 Å². The van der Waals surface area contributed by atoms with Gasteiger partial charge in [0.05, 0.1) is 10.2 Å². The lowest BCUT2D eigenvalue weighted by Gasteiger charge is -2.12. The number of hydrogen-bond acceptors (Lipinski definition) is 4. The molecule has 0 saturated heterocycles. The van der Waals surface area contributed by atoms with Crippen molar-refractivity contribution in [3.05, 3.63) is 89.8 Å². The summed E-state index contributed by atoms with van der Waals surface area (Å²) in [6.07, 6.45) is 2.09. The molecule has 7 heteroatoms. The molecule has 0 bridgehead atoms. The molecule has 2 N–H and O–H groups in total. The molecule has 0 saturated carbocycles. The number of nitrogens with one attached hydrogen (secondary N) is 1. The van der Waals surface area contributed by atoms with E-state index in [0.717, 1.165) is 22.1 Å². The molecule has 0 fully saturated rings. The number of allylic oxidation sites excluding steroid dienone is 1. The zero-order valence-electron chi connectivity index (χ0n) is 13.9. The van der Waals surface area contributed by atoms with Gasteiger partial charge in [-0.3, -0.25) is 14.6 Å². The predicted molar refractivity (Wildman–Crippen MR) is 105 cm³/mol. The van der Waals surface area contributed by atoms with Crippen molar-refractivity contribution in [2.75, 3.05) is 0 Å². The summed E-state index contributed by atoms with van der Waals surface area (Å²) in [6.45, 7) is 0. The van der Waals surface area contributed by atoms with Gasteiger partial charge in [0.1, 0.15) is 0 Å². The van der Waals surface area contributed by atoms with Gasteiger partial charge in [0.25, 0.3) is 5.91 Å². The number of amides is 1. The standard InChI is InChI=1S/C20H13ClN2O3S/c21-13-7-5-11(6-8-13)9-14(17-19(25)23-20(26)27-17)15-10-12-3-1-2-4-16(12)22-18(15)24/h1-8,10,25H,9H2,(H,23,26). The van der Waals surface area contributed by atoms with E-state index in [1.165, 1.54) is 0 Å². The lowest BCUT2D eigenvalue weighted by atomic mass is 9.96. The number of halogens is 1. The van der Waals surface area contributed by atoms with Crippen molar-refractivity contribution in [1.29, 1.82) is 0 Å². The third kappa shape index (κ3) is 3.49. The minimum absolute atomic E-state index is 0.249. The normalized spacial score (nSPS) is 14.9. The Labute approximate surface area is 162 Å². The van der Waals surface area contributed by atoms with Gasteiger partial charge in [-0.1, -0.05) is 53.3 Å². The van der Waals surface area contributed by atoms with E-state index in [4.69, 9.17) is 11.6 Å². The Balaban J connectivity index is 1.95. The average molecular weight is 397 g/mol. The first-order chi connectivity index (χ1) is 13.0. The number of hydrogen-bond donors (Lipinski definition) is 2. The molecular formula is C20H13ClN2O3S. The van der Waals surface area contributed by atoms with E-state index < -0.39 is 10.8 Å². The van der Waals surface area contributed by atoms with Crippen LogP contribution in [-0.4, -0.2) is 16.0 Å². The number of rotatable bonds is 3. The number of aromatic nitrogens is 1. The molecule has 27 heavy (non-hydrogen) atoms. The molecule has 5 nitrogen and oxygen atoms in total. The van der Waals surface area contributed by atoms with E-state index >= 15 is 0 Å². The number of H-pyrrole nitrogens is 1. The summed E-state index contributed by atoms with van der Waals surface area (Å²) in [5.74, 6) is -0.653. The average Bonchev–Trinajstić information content (AvgIpc) is 2.99. The first-order valence-electron chi connectivity index (χ1n) is 8.11. The molecule has 1 aliphatic heterocycles. The van der Waals surface area contributed by atoms with Crippen molar-refractivity contribution in [2.45, 2.75) is 6.42 Å². The number of aromatic hydroxyl groups is 1. The summed E-state index contributed by atoms with van der Waals surface area (Å²) in [5, 5.41) is 12.2. The Morgan fingerprint density at radius 3 is 2.56 bits per heavy atom. The number of thiazole rings is 1. The number of fused-ring (bicyclic) bond motifs is 1. The van der Waals surface area contributed by atoms with Crippen LogP contribution in [-0.2, 0) is 11.2 Å². The Kier molecular flexibility index (Phi) is 4.51. The van der Waals surface area contributed by atoms with Crippen LogP contribution >= 0.6 is 22.9 Å². The second-order valence-corrected chi connectivity index (χ2v) is 7.43. The molecule has 2 heterocycles. The van der Waals surface area contributed by atoms with Gasteiger partial charge in [-0.2, -0.15) is 0 Å². The Hall–Kier alpha value is -2.96. The van der Waals surface area contributed by atoms with Crippen molar-refractivity contribution >= 4 is 40.5 Å². The summed E-state index contributed by atoms with van der Waals surface area (Å²) in [5.41, 5.74) is 1.79. The lowest BCUT2D eigenvalue weighted by molar-refractivity contribution is -0.114. The summed E-state index contributed by atoms with van der Waals surface area (Å²) in [4.78, 5) is 30.9. The predicted octanol–water partition coefficient (Wildman–Crippen LogP) is 2.43. The maximum absolute atomic E-state index is 12.7. The van der Waals surface area contributed by atoms with Gasteiger partial charge < -0.3 is 5.11 Å². The molecular weight excluding hydrogens is 384 g/mol. The number of para-hydroxylation sites is 1. The molecule has 1 aliphatic rings. The summed E-state index contributed by atoms with van der Waals surface area (Å²) in [6, 6.07) is 14.5. The quantitative estimate of drug-likeness (QED) is 0.667. The maximum Gasteiger partial charge on any atom is 0.307 e. The number of carbonyl (C=O) groups is 1. The van der Waals surface area contributed by atoms with Crippen LogP contribution in [0.15, 0.2) is 63.9 Å². The van der Waals surface area contributed by atoms with Gasteiger partial charge in [-0.05, 0) is 41.8 Å². The van der Waals surface area contributed by atoms with Crippen LogP contribution < -0.4 is 15.4 Å². The van der Waals surface area contributed by atoms with E-state index in [-0.39, 0.29) is 5.88 Å². The van der Waals surface area contributed by atoms with Crippen LogP contribution in [0.25, 0.3) is 11.6 Å². The number of aromatic amines is 1. The van der Waals surface area contributed by atoms with Gasteiger partial charge in [-0.25, -0.2) is 4.99 Å². The molecule has 0 aliphatic carbocycles. The second-order valence-electron chi connectivity index (χ2n) is 6.01. The first kappa shape index (κ1) is 17.5. The summed E-state index contributed by atoms with van der Waals surface area (Å²) >= 11 is 6.81. The fourth-order valence-corrected chi connectivity index (χ4v) is 3.86. The van der Waals surface area contributed by atoms with E-state index in [9.17, 15) is 14.7 Å². The molecule has 0 spiro atoms. The van der Waals surface area contributed by atoms with Crippen molar-refractivity contribution in [1.82, 2.24) is 4.98 Å². The van der Waals surface area contributed by atoms with Crippen LogP contribution in [0.5, 0.6) is 5.88 Å². The number of nitrogens with zero attached hydrogens (tertiary/aromatic N) is 1. The lowest BCUT2D eigenvalue weighted by Crippen LogP contribution is -2.30. The van der Waals surface area contributed by atoms with Crippen molar-refractivity contribution in [3.63, 3.8) is 0 Å². The van der Waals surface area contributed by atoms with Gasteiger partial charge in [0.15, 0.2) is 0 Å². The Morgan fingerprint density at radius 1 is 1.11 bits per heavy atom. The SMILES string of the molecule is O=C1N=c2ccccc2=CC1=C(Cc1ccc(Cl)cc1)c1sc(=O)[nH]c1O. The monoisotopic (exact) mass is 396 g/mol. The van der Waals surface area contributed by atoms with E-state index in [1.54, 1.807) is 24.3 Å². The smallest absolute Gasteiger partial charge is 0.307 e. The first-order valence-corrected chi connectivity index (χ1v) is 9.30. The molecule has 0 radical (unpaired) electrons. The van der Waals surface area contributed by atoms with Crippen LogP contribution in [0.3, 0.4) is 0 Å². The summed E-state index contributed by atoms with van der Waals surface area (Å²) < 4.78 is 0. The highest BCUT2D eigenvalue weighted by molar-refractivity contribution is 7.10. The van der Waals surface area contributed by atoms with Gasteiger partial charge in [0, 0.05) is 15.8 Å². The van der Waals surface area contributed by atoms with Crippen LogP contribution in [0.4, 0.5) is 0 Å². The van der Waals surface area contributed by atoms with Crippen LogP contribution in [0.1, 0.15) is 10.4 Å². The molecule has 0 atom stereocenters. The highest BCUT2D eigenvalue weighted by Crippen LogP contribution is 2.32. The van der Waals surface area contributed by atoms with Gasteiger partial charge in [0.2, 0.25) is 5.88 Å². The van der Waals surface area contributed by atoms with Crippen molar-refractivity contribution < 1.29 is 9.90 Å². The minimum atomic E-state index is -0.405. The fraction of sp³-hybridized carbons (Fsp3) is 0.0500. The second kappa shape index (κ2) is 6.98. The topological polar surface area (TPSA) is 82.5 Å². The number of carbonyl (C=O) groups excluding carboxylic acids is 1. The largest absolute Gasteiger partial charge is 0.493 e. The zero-order chi connectivity index (χ0) is 19.0. The third-order valence-electron chi connectivity index (χ3n) is 4.21. The molecule has 0 unspecified atom stereocenters. The summed E-state index contributed by atoms with van der Waals surface area (Å²) in [7, 11) is 0. The molecule has 1 amide bonds. The third-order valence-corrected chi connectivity index (χ3v) is 5.40. The van der Waals surface area contributed by atoms with Crippen LogP contribution in [0, 0.1) is 0 Å². The highest BCUT2D eigenvalue weighted by atomic mass is 35.5. The van der Waals surface area contributed by atoms with E-state index in [1.807, 2.05) is 30.3 Å².